The van der Waals surface area contributed by atoms with Crippen molar-refractivity contribution in [2.75, 3.05) is 14.1 Å². The highest BCUT2D eigenvalue weighted by Gasteiger charge is 2.56. The van der Waals surface area contributed by atoms with Gasteiger partial charge in [0.05, 0.1) is 0 Å². The van der Waals surface area contributed by atoms with Crippen molar-refractivity contribution in [2.45, 2.75) is 38.0 Å². The average Bonchev–Trinajstić information content (AvgIpc) is 2.02. The minimum absolute atomic E-state index is 0.568. The molecule has 2 heteroatoms. The summed E-state index contributed by atoms with van der Waals surface area (Å²) in [5.41, 5.74) is 0.568. The standard InChI is InChI=1S/C11H21NS/c1-11(2)7-5-8(11)10(13)9(6-7)12(3)4/h7-10,13H,5-6H2,1-4H3. The second kappa shape index (κ2) is 2.90. The van der Waals surface area contributed by atoms with Crippen LogP contribution in [0.1, 0.15) is 26.7 Å². The van der Waals surface area contributed by atoms with Crippen LogP contribution in [0.2, 0.25) is 0 Å². The van der Waals surface area contributed by atoms with Gasteiger partial charge in [-0.2, -0.15) is 12.6 Å². The normalized spacial score (nSPS) is 47.5. The second-order valence-corrected chi connectivity index (χ2v) is 6.21. The molecule has 1 nitrogen and oxygen atoms in total. The van der Waals surface area contributed by atoms with Crippen LogP contribution < -0.4 is 0 Å². The van der Waals surface area contributed by atoms with Crippen molar-refractivity contribution in [1.82, 2.24) is 4.90 Å². The Bertz CT molecular complexity index is 210. The van der Waals surface area contributed by atoms with Crippen molar-refractivity contribution in [2.24, 2.45) is 17.3 Å². The molecule has 0 N–H and O–H groups in total. The molecule has 3 aliphatic rings. The summed E-state index contributed by atoms with van der Waals surface area (Å²) >= 11 is 4.80. The summed E-state index contributed by atoms with van der Waals surface area (Å²) in [6, 6.07) is 0.708. The summed E-state index contributed by atoms with van der Waals surface area (Å²) in [5.74, 6) is 1.80. The van der Waals surface area contributed by atoms with E-state index in [-0.39, 0.29) is 0 Å². The van der Waals surface area contributed by atoms with Crippen LogP contribution in [-0.2, 0) is 0 Å². The van der Waals surface area contributed by atoms with Crippen LogP contribution in [0.15, 0.2) is 0 Å². The number of nitrogens with zero attached hydrogens (tertiary/aromatic N) is 1. The van der Waals surface area contributed by atoms with Crippen molar-refractivity contribution in [3.05, 3.63) is 0 Å². The zero-order valence-corrected chi connectivity index (χ0v) is 10.0. The molecule has 0 aromatic carbocycles. The topological polar surface area (TPSA) is 3.24 Å². The molecule has 3 saturated carbocycles. The predicted octanol–water partition coefficient (Wildman–Crippen LogP) is 2.28. The van der Waals surface area contributed by atoms with E-state index in [2.05, 4.69) is 32.8 Å². The quantitative estimate of drug-likeness (QED) is 0.634. The molecular formula is C11H21NS. The van der Waals surface area contributed by atoms with Crippen LogP contribution in [0.3, 0.4) is 0 Å². The van der Waals surface area contributed by atoms with Crippen LogP contribution in [0.5, 0.6) is 0 Å². The Balaban J connectivity index is 2.12. The summed E-state index contributed by atoms with van der Waals surface area (Å²) in [6.45, 7) is 4.84. The van der Waals surface area contributed by atoms with Crippen molar-refractivity contribution in [1.29, 1.82) is 0 Å². The van der Waals surface area contributed by atoms with Crippen molar-refractivity contribution >= 4 is 12.6 Å². The molecule has 13 heavy (non-hydrogen) atoms. The number of fused-ring (bicyclic) bond motifs is 2. The average molecular weight is 199 g/mol. The first-order valence-electron chi connectivity index (χ1n) is 5.29. The van der Waals surface area contributed by atoms with Crippen LogP contribution >= 0.6 is 12.6 Å². The van der Waals surface area contributed by atoms with Crippen molar-refractivity contribution in [3.63, 3.8) is 0 Å². The molecule has 4 unspecified atom stereocenters. The molecule has 2 bridgehead atoms. The van der Waals surface area contributed by atoms with Gasteiger partial charge in [0.25, 0.3) is 0 Å². The monoisotopic (exact) mass is 199 g/mol. The van der Waals surface area contributed by atoms with E-state index in [1.54, 1.807) is 0 Å². The summed E-state index contributed by atoms with van der Waals surface area (Å²) in [5, 5.41) is 0.593. The molecule has 3 fully saturated rings. The first-order chi connectivity index (χ1) is 5.94. The van der Waals surface area contributed by atoms with E-state index in [4.69, 9.17) is 12.6 Å². The van der Waals surface area contributed by atoms with E-state index in [0.717, 1.165) is 11.8 Å². The van der Waals surface area contributed by atoms with Crippen LogP contribution in [0, 0.1) is 17.3 Å². The van der Waals surface area contributed by atoms with Crippen LogP contribution in [0.4, 0.5) is 0 Å². The van der Waals surface area contributed by atoms with E-state index < -0.39 is 0 Å². The Morgan fingerprint density at radius 3 is 2.23 bits per heavy atom. The van der Waals surface area contributed by atoms with Crippen LogP contribution in [-0.4, -0.2) is 30.3 Å². The third-order valence-corrected chi connectivity index (χ3v) is 5.25. The van der Waals surface area contributed by atoms with Gasteiger partial charge in [-0.15, -0.1) is 0 Å². The third kappa shape index (κ3) is 1.25. The Morgan fingerprint density at radius 1 is 1.23 bits per heavy atom. The highest BCUT2D eigenvalue weighted by atomic mass is 32.1. The lowest BCUT2D eigenvalue weighted by molar-refractivity contribution is -0.0879. The van der Waals surface area contributed by atoms with Gasteiger partial charge in [0, 0.05) is 11.3 Å². The minimum atomic E-state index is 0.568. The third-order valence-electron chi connectivity index (χ3n) is 4.54. The van der Waals surface area contributed by atoms with Gasteiger partial charge in [-0.25, -0.2) is 0 Å². The molecule has 76 valence electrons. The summed E-state index contributed by atoms with van der Waals surface area (Å²) < 4.78 is 0. The van der Waals surface area contributed by atoms with Gasteiger partial charge in [0.2, 0.25) is 0 Å². The molecular weight excluding hydrogens is 178 g/mol. The lowest BCUT2D eigenvalue weighted by Gasteiger charge is -2.62. The smallest absolute Gasteiger partial charge is 0.0211 e. The second-order valence-electron chi connectivity index (χ2n) is 5.62. The van der Waals surface area contributed by atoms with Gasteiger partial charge in [-0.1, -0.05) is 13.8 Å². The highest BCUT2D eigenvalue weighted by Crippen LogP contribution is 2.60. The van der Waals surface area contributed by atoms with E-state index >= 15 is 0 Å². The molecule has 4 atom stereocenters. The van der Waals surface area contributed by atoms with E-state index in [1.807, 2.05) is 0 Å². The Hall–Kier alpha value is 0.310. The van der Waals surface area contributed by atoms with Gasteiger partial charge < -0.3 is 4.90 Å². The number of hydrogen-bond acceptors (Lipinski definition) is 2. The van der Waals surface area contributed by atoms with E-state index in [9.17, 15) is 0 Å². The molecule has 0 aromatic rings. The minimum Gasteiger partial charge on any atom is -0.305 e. The fourth-order valence-corrected chi connectivity index (χ4v) is 4.15. The van der Waals surface area contributed by atoms with Gasteiger partial charge >= 0.3 is 0 Å². The van der Waals surface area contributed by atoms with Gasteiger partial charge in [-0.3, -0.25) is 0 Å². The van der Waals surface area contributed by atoms with Gasteiger partial charge in [0.1, 0.15) is 0 Å². The van der Waals surface area contributed by atoms with E-state index in [0.29, 0.717) is 16.7 Å². The first kappa shape index (κ1) is 9.85. The summed E-state index contributed by atoms with van der Waals surface area (Å²) in [6.07, 6.45) is 2.77. The first-order valence-corrected chi connectivity index (χ1v) is 5.80. The lowest BCUT2D eigenvalue weighted by atomic mass is 9.47. The largest absolute Gasteiger partial charge is 0.305 e. The maximum Gasteiger partial charge on any atom is 0.0211 e. The van der Waals surface area contributed by atoms with E-state index in [1.165, 1.54) is 12.8 Å². The molecule has 0 radical (unpaired) electrons. The lowest BCUT2D eigenvalue weighted by Crippen LogP contribution is -2.61. The SMILES string of the molecule is CN(C)C1CC2CC(C1S)C2(C)C. The number of rotatable bonds is 1. The Labute approximate surface area is 87.3 Å². The molecule has 3 rings (SSSR count). The number of hydrogen-bond donors (Lipinski definition) is 1. The molecule has 0 aliphatic heterocycles. The van der Waals surface area contributed by atoms with Gasteiger partial charge in [-0.05, 0) is 44.2 Å². The summed E-state index contributed by atoms with van der Waals surface area (Å²) in [7, 11) is 4.37. The highest BCUT2D eigenvalue weighted by molar-refractivity contribution is 7.81. The maximum absolute atomic E-state index is 4.80. The fourth-order valence-electron chi connectivity index (χ4n) is 3.25. The fraction of sp³-hybridized carbons (Fsp3) is 1.00. The maximum atomic E-state index is 4.80. The molecule has 0 heterocycles. The Kier molecular flexibility index (Phi) is 2.20. The van der Waals surface area contributed by atoms with Crippen LogP contribution in [0.25, 0.3) is 0 Å². The molecule has 0 amide bonds. The number of thiol groups is 1. The zero-order chi connectivity index (χ0) is 9.80. The molecule has 0 spiro atoms. The predicted molar refractivity (Wildman–Crippen MR) is 60.2 cm³/mol. The van der Waals surface area contributed by atoms with Crippen molar-refractivity contribution in [3.8, 4) is 0 Å². The molecule has 0 saturated heterocycles. The van der Waals surface area contributed by atoms with Gasteiger partial charge in [0.15, 0.2) is 0 Å². The summed E-state index contributed by atoms with van der Waals surface area (Å²) in [4.78, 5) is 2.35. The molecule has 0 aromatic heterocycles. The zero-order valence-electron chi connectivity index (χ0n) is 9.12. The Morgan fingerprint density at radius 2 is 1.85 bits per heavy atom. The van der Waals surface area contributed by atoms with Crippen molar-refractivity contribution < 1.29 is 0 Å². The molecule has 3 aliphatic carbocycles.